The Morgan fingerprint density at radius 2 is 2.11 bits per heavy atom. The number of carbonyl (C=O) groups is 1. The zero-order valence-electron chi connectivity index (χ0n) is 16.2. The van der Waals surface area contributed by atoms with Gasteiger partial charge in [-0.1, -0.05) is 23.8 Å². The number of allylic oxidation sites excluding steroid dienone is 1. The third-order valence-corrected chi connectivity index (χ3v) is 4.89. The fourth-order valence-electron chi connectivity index (χ4n) is 3.41. The lowest BCUT2D eigenvalue weighted by Crippen LogP contribution is -2.26. The number of rotatable bonds is 7. The number of nitrogens with zero attached hydrogens (tertiary/aromatic N) is 3. The number of aryl methyl sites for hydroxylation is 1. The lowest BCUT2D eigenvalue weighted by Gasteiger charge is -2.22. The Labute approximate surface area is 161 Å². The maximum absolute atomic E-state index is 12.3. The van der Waals surface area contributed by atoms with Crippen molar-refractivity contribution in [3.63, 3.8) is 0 Å². The van der Waals surface area contributed by atoms with Crippen molar-refractivity contribution >= 4 is 17.4 Å². The van der Waals surface area contributed by atoms with Gasteiger partial charge in [0.2, 0.25) is 0 Å². The van der Waals surface area contributed by atoms with Crippen LogP contribution in [-0.2, 0) is 0 Å². The number of aromatic nitrogens is 2. The molecule has 1 amide bonds. The average molecular weight is 364 g/mol. The van der Waals surface area contributed by atoms with Gasteiger partial charge in [0, 0.05) is 18.8 Å². The lowest BCUT2D eigenvalue weighted by molar-refractivity contribution is 0.0948. The molecule has 142 valence electrons. The molecule has 2 aromatic rings. The molecule has 0 saturated carbocycles. The van der Waals surface area contributed by atoms with Crippen LogP contribution in [0.15, 0.2) is 48.3 Å². The molecule has 1 aliphatic carbocycles. The van der Waals surface area contributed by atoms with E-state index in [4.69, 9.17) is 0 Å². The molecule has 0 radical (unpaired) electrons. The highest BCUT2D eigenvalue weighted by Gasteiger charge is 2.12. The molecular weight excluding hydrogens is 336 g/mol. The molecule has 1 aliphatic rings. The predicted octanol–water partition coefficient (Wildman–Crippen LogP) is 4.56. The van der Waals surface area contributed by atoms with E-state index >= 15 is 0 Å². The first-order chi connectivity index (χ1) is 13.2. The summed E-state index contributed by atoms with van der Waals surface area (Å²) in [5.41, 5.74) is 4.09. The summed E-state index contributed by atoms with van der Waals surface area (Å²) in [5, 5.41) is 2.95. The summed E-state index contributed by atoms with van der Waals surface area (Å²) < 4.78 is 0. The van der Waals surface area contributed by atoms with E-state index in [9.17, 15) is 4.79 Å². The van der Waals surface area contributed by atoms with Crippen molar-refractivity contribution in [2.24, 2.45) is 0 Å². The minimum Gasteiger partial charge on any atom is -0.350 e. The molecule has 5 heteroatoms. The summed E-state index contributed by atoms with van der Waals surface area (Å²) in [6, 6.07) is 8.27. The van der Waals surface area contributed by atoms with Crippen LogP contribution in [0.4, 0.5) is 11.5 Å². The van der Waals surface area contributed by atoms with Crippen molar-refractivity contribution in [2.75, 3.05) is 18.0 Å². The van der Waals surface area contributed by atoms with Crippen molar-refractivity contribution in [1.29, 1.82) is 0 Å². The fraction of sp³-hybridized carbons (Fsp3) is 0.409. The highest BCUT2D eigenvalue weighted by atomic mass is 16.1. The van der Waals surface area contributed by atoms with Gasteiger partial charge in [0.05, 0.1) is 12.4 Å². The van der Waals surface area contributed by atoms with E-state index in [1.54, 1.807) is 12.4 Å². The highest BCUT2D eigenvalue weighted by molar-refractivity contribution is 5.92. The molecule has 1 heterocycles. The third-order valence-electron chi connectivity index (χ3n) is 4.89. The van der Waals surface area contributed by atoms with Crippen molar-refractivity contribution in [2.45, 2.75) is 46.0 Å². The van der Waals surface area contributed by atoms with Gasteiger partial charge in [-0.05, 0) is 63.6 Å². The first-order valence-electron chi connectivity index (χ1n) is 9.79. The number of nitrogens with one attached hydrogen (secondary N) is 1. The van der Waals surface area contributed by atoms with Crippen LogP contribution in [0.2, 0.25) is 0 Å². The second-order valence-corrected chi connectivity index (χ2v) is 6.96. The summed E-state index contributed by atoms with van der Waals surface area (Å²) >= 11 is 0. The first kappa shape index (κ1) is 19.1. The Morgan fingerprint density at radius 3 is 2.78 bits per heavy atom. The molecule has 27 heavy (non-hydrogen) atoms. The van der Waals surface area contributed by atoms with Gasteiger partial charge in [-0.15, -0.1) is 0 Å². The largest absolute Gasteiger partial charge is 0.350 e. The van der Waals surface area contributed by atoms with E-state index in [-0.39, 0.29) is 5.91 Å². The van der Waals surface area contributed by atoms with Crippen LogP contribution in [0.1, 0.15) is 55.1 Å². The van der Waals surface area contributed by atoms with Crippen LogP contribution in [0.25, 0.3) is 0 Å². The van der Waals surface area contributed by atoms with Gasteiger partial charge in [-0.3, -0.25) is 4.79 Å². The van der Waals surface area contributed by atoms with Gasteiger partial charge in [0.15, 0.2) is 5.82 Å². The number of anilines is 2. The monoisotopic (exact) mass is 364 g/mol. The predicted molar refractivity (Wildman–Crippen MR) is 109 cm³/mol. The Hall–Kier alpha value is -2.69. The minimum absolute atomic E-state index is 0.163. The summed E-state index contributed by atoms with van der Waals surface area (Å²) in [7, 11) is 0. The maximum Gasteiger partial charge on any atom is 0.271 e. The van der Waals surface area contributed by atoms with Crippen LogP contribution in [0.5, 0.6) is 0 Å². The summed E-state index contributed by atoms with van der Waals surface area (Å²) in [6.45, 7) is 5.57. The molecule has 0 saturated heterocycles. The van der Waals surface area contributed by atoms with Crippen molar-refractivity contribution in [1.82, 2.24) is 15.3 Å². The Bertz CT molecular complexity index is 798. The molecule has 5 nitrogen and oxygen atoms in total. The number of carbonyl (C=O) groups excluding carboxylic acids is 1. The second-order valence-electron chi connectivity index (χ2n) is 6.96. The molecule has 0 bridgehead atoms. The van der Waals surface area contributed by atoms with Crippen molar-refractivity contribution < 1.29 is 4.79 Å². The number of benzene rings is 1. The van der Waals surface area contributed by atoms with Crippen LogP contribution >= 0.6 is 0 Å². The molecule has 1 aromatic heterocycles. The molecule has 0 unspecified atom stereocenters. The van der Waals surface area contributed by atoms with Crippen LogP contribution in [0, 0.1) is 6.92 Å². The SMILES string of the molecule is CCN(c1cccc(C)c1)c1cnc(C(=O)NCCC2=CCCCC2)cn1. The van der Waals surface area contributed by atoms with Gasteiger partial charge in [-0.25, -0.2) is 9.97 Å². The van der Waals surface area contributed by atoms with Gasteiger partial charge >= 0.3 is 0 Å². The summed E-state index contributed by atoms with van der Waals surface area (Å²) in [6.07, 6.45) is 11.4. The van der Waals surface area contributed by atoms with Gasteiger partial charge in [0.1, 0.15) is 5.69 Å². The van der Waals surface area contributed by atoms with Gasteiger partial charge in [-0.2, -0.15) is 0 Å². The molecule has 1 aromatic carbocycles. The lowest BCUT2D eigenvalue weighted by atomic mass is 9.97. The summed E-state index contributed by atoms with van der Waals surface area (Å²) in [5.74, 6) is 0.580. The number of hydrogen-bond acceptors (Lipinski definition) is 4. The third kappa shape index (κ3) is 5.16. The van der Waals surface area contributed by atoms with E-state index in [0.29, 0.717) is 12.2 Å². The van der Waals surface area contributed by atoms with E-state index < -0.39 is 0 Å². The summed E-state index contributed by atoms with van der Waals surface area (Å²) in [4.78, 5) is 23.2. The standard InChI is InChI=1S/C22H28N4O/c1-3-26(19-11-7-8-17(2)14-19)21-16-24-20(15-25-21)22(27)23-13-12-18-9-5-4-6-10-18/h7-9,11,14-16H,3-6,10,12-13H2,1-2H3,(H,23,27). The fourth-order valence-corrected chi connectivity index (χ4v) is 3.41. The Morgan fingerprint density at radius 1 is 1.22 bits per heavy atom. The zero-order valence-corrected chi connectivity index (χ0v) is 16.2. The normalized spacial score (nSPS) is 13.8. The van der Waals surface area contributed by atoms with E-state index in [1.165, 1.54) is 30.4 Å². The smallest absolute Gasteiger partial charge is 0.271 e. The zero-order chi connectivity index (χ0) is 19.1. The second kappa shape index (κ2) is 9.31. The molecule has 0 spiro atoms. The highest BCUT2D eigenvalue weighted by Crippen LogP contribution is 2.23. The Kier molecular flexibility index (Phi) is 6.58. The topological polar surface area (TPSA) is 58.1 Å². The van der Waals surface area contributed by atoms with Gasteiger partial charge < -0.3 is 10.2 Å². The van der Waals surface area contributed by atoms with Gasteiger partial charge in [0.25, 0.3) is 5.91 Å². The van der Waals surface area contributed by atoms with E-state index in [2.05, 4.69) is 58.3 Å². The minimum atomic E-state index is -0.163. The van der Waals surface area contributed by atoms with Crippen LogP contribution < -0.4 is 10.2 Å². The maximum atomic E-state index is 12.3. The van der Waals surface area contributed by atoms with E-state index in [0.717, 1.165) is 30.9 Å². The number of amides is 1. The van der Waals surface area contributed by atoms with E-state index in [1.807, 2.05) is 6.07 Å². The quantitative estimate of drug-likeness (QED) is 0.732. The molecule has 0 aliphatic heterocycles. The molecular formula is C22H28N4O. The first-order valence-corrected chi connectivity index (χ1v) is 9.79. The van der Waals surface area contributed by atoms with Crippen LogP contribution in [0.3, 0.4) is 0 Å². The molecule has 3 rings (SSSR count). The average Bonchev–Trinajstić information content (AvgIpc) is 2.70. The Balaban J connectivity index is 1.60. The number of hydrogen-bond donors (Lipinski definition) is 1. The molecule has 0 fully saturated rings. The molecule has 1 N–H and O–H groups in total. The van der Waals surface area contributed by atoms with Crippen molar-refractivity contribution in [3.05, 3.63) is 59.6 Å². The van der Waals surface area contributed by atoms with Crippen LogP contribution in [-0.4, -0.2) is 29.0 Å². The van der Waals surface area contributed by atoms with Crippen molar-refractivity contribution in [3.8, 4) is 0 Å². The molecule has 0 atom stereocenters.